The van der Waals surface area contributed by atoms with Crippen LogP contribution >= 0.6 is 11.6 Å². The summed E-state index contributed by atoms with van der Waals surface area (Å²) < 4.78 is 49.9. The molecule has 21 nitrogen and oxygen atoms in total. The summed E-state index contributed by atoms with van der Waals surface area (Å²) in [6.45, 7) is 19.3. The second-order valence-electron chi connectivity index (χ2n) is 24.2. The molecule has 22 heteroatoms. The third kappa shape index (κ3) is 15.1. The topological polar surface area (TPSA) is 257 Å². The van der Waals surface area contributed by atoms with Gasteiger partial charge in [0.1, 0.15) is 35.4 Å². The van der Waals surface area contributed by atoms with Crippen molar-refractivity contribution in [1.29, 1.82) is 0 Å². The summed E-state index contributed by atoms with van der Waals surface area (Å²) in [5.41, 5.74) is -3.00. The molecule has 1 aromatic carbocycles. The van der Waals surface area contributed by atoms with Crippen molar-refractivity contribution in [2.75, 3.05) is 78.3 Å². The lowest BCUT2D eigenvalue weighted by atomic mass is 9.77. The molecule has 1 unspecified atom stereocenters. The number of halogens is 1. The smallest absolute Gasteiger partial charge is 0.318 e. The number of rotatable bonds is 17. The number of carbonyl (C=O) groups excluding carboxylic acids is 4. The number of hydrogen-bond acceptors (Lipinski definition) is 21. The van der Waals surface area contributed by atoms with Crippen molar-refractivity contribution in [3.63, 3.8) is 0 Å². The Labute approximate surface area is 472 Å². The van der Waals surface area contributed by atoms with Gasteiger partial charge in [-0.25, -0.2) is 0 Å². The number of ketones is 1. The highest BCUT2D eigenvalue weighted by atomic mass is 35.5. The van der Waals surface area contributed by atoms with E-state index in [9.17, 15) is 39.6 Å². The molecular weight excluding hydrogens is 1050 g/mol. The molecule has 0 aromatic heterocycles. The molecule has 19 atom stereocenters. The molecule has 1 aromatic rings. The third-order valence-electron chi connectivity index (χ3n) is 17.4. The molecule has 5 aliphatic rings. The summed E-state index contributed by atoms with van der Waals surface area (Å²) in [6, 6.07) is 2.79. The Hall–Kier alpha value is -3.29. The number of hydrogen-bond donors (Lipinski definition) is 6. The minimum atomic E-state index is -1.87. The van der Waals surface area contributed by atoms with Crippen LogP contribution in [0, 0.1) is 23.7 Å². The van der Waals surface area contributed by atoms with E-state index < -0.39 is 114 Å². The van der Waals surface area contributed by atoms with Gasteiger partial charge in [0.15, 0.2) is 24.5 Å². The van der Waals surface area contributed by atoms with Gasteiger partial charge >= 0.3 is 17.9 Å². The van der Waals surface area contributed by atoms with Gasteiger partial charge in [0.05, 0.1) is 60.2 Å². The van der Waals surface area contributed by atoms with Gasteiger partial charge in [0, 0.05) is 81.5 Å². The fourth-order valence-corrected chi connectivity index (χ4v) is 12.7. The SMILES string of the molecule is CC[C@H]1OC(=O)[C@H](C)[C@@H](O[C@H]2C[C@@](C)(OC)[C@@H](OC(=O)CCNCCNc3cc4c(cc3Cl)N(C3CC3)CC(C(=O)OC)C4=O)[C@H](C)O2)[C@H](C)[C@@H](O[C@@H]2O[C@H](C)C[C@H](N(C)C)[C@H]2O)[C@](C)(O)C[C@@H](C)CN(C)[C@H](C)[C@@H](O)[C@]1(C)O. The van der Waals surface area contributed by atoms with E-state index in [4.69, 9.17) is 49.5 Å². The van der Waals surface area contributed by atoms with Crippen molar-refractivity contribution in [3.05, 3.63) is 22.7 Å². The number of methoxy groups -OCH3 is 2. The Morgan fingerprint density at radius 1 is 0.924 bits per heavy atom. The van der Waals surface area contributed by atoms with E-state index >= 15 is 0 Å². The number of benzene rings is 1. The molecule has 4 heterocycles. The minimum Gasteiger partial charge on any atom is -0.468 e. The highest BCUT2D eigenvalue weighted by Gasteiger charge is 2.54. The molecule has 0 amide bonds. The zero-order valence-electron chi connectivity index (χ0n) is 49.4. The van der Waals surface area contributed by atoms with Crippen LogP contribution in [0.2, 0.25) is 5.02 Å². The molecule has 1 aliphatic carbocycles. The van der Waals surface area contributed by atoms with E-state index in [0.717, 1.165) is 12.8 Å². The van der Waals surface area contributed by atoms with Crippen molar-refractivity contribution in [2.45, 2.75) is 211 Å². The molecule has 79 heavy (non-hydrogen) atoms. The van der Waals surface area contributed by atoms with Gasteiger partial charge in [-0.15, -0.1) is 0 Å². The number of ether oxygens (including phenoxy) is 8. The molecule has 450 valence electrons. The van der Waals surface area contributed by atoms with Gasteiger partial charge in [0.25, 0.3) is 0 Å². The first-order valence-electron chi connectivity index (χ1n) is 28.4. The van der Waals surface area contributed by atoms with Crippen LogP contribution in [0.3, 0.4) is 0 Å². The van der Waals surface area contributed by atoms with Gasteiger partial charge in [-0.3, -0.25) is 19.2 Å². The molecule has 6 rings (SSSR count). The monoisotopic (exact) mass is 1140 g/mol. The van der Waals surface area contributed by atoms with E-state index in [0.29, 0.717) is 48.0 Å². The van der Waals surface area contributed by atoms with Crippen LogP contribution in [0.25, 0.3) is 0 Å². The van der Waals surface area contributed by atoms with Crippen LogP contribution in [0.1, 0.15) is 125 Å². The standard InChI is InChI=1S/C57H94ClN5O16/c1-16-43-57(10,71)49(67)34(6)62(13)28-30(2)26-55(8,70)50(79-54-47(66)42(61(11)12)23-31(3)74-54)32(4)48(33(5)52(68)76-43)78-45-27-56(9,73-15)51(35(7)75-45)77-44(64)19-20-59-21-22-60-40-24-37-41(25-39(40)58)63(36-17-18-36)29-38(46(37)65)53(69)72-14/h24-25,30-36,38,42-43,45,47-51,54,59-60,66-67,70-71H,16-23,26-29H2,1-15H3/t30-,31-,32+,33-,34-,35+,38?,42+,43-,45+,47-,48+,49-,50-,51+,54+,55-,56-,57-/m1/s1. The van der Waals surface area contributed by atoms with Crippen LogP contribution in [-0.4, -0.2) is 218 Å². The summed E-state index contributed by atoms with van der Waals surface area (Å²) in [4.78, 5) is 60.1. The van der Waals surface area contributed by atoms with Crippen molar-refractivity contribution < 1.29 is 77.5 Å². The van der Waals surface area contributed by atoms with Gasteiger partial charge in [-0.2, -0.15) is 0 Å². The van der Waals surface area contributed by atoms with Crippen LogP contribution < -0.4 is 15.5 Å². The van der Waals surface area contributed by atoms with Crippen LogP contribution in [0.5, 0.6) is 0 Å². The Morgan fingerprint density at radius 2 is 1.61 bits per heavy atom. The van der Waals surface area contributed by atoms with Crippen LogP contribution in [0.4, 0.5) is 11.4 Å². The van der Waals surface area contributed by atoms with Gasteiger partial charge in [-0.1, -0.05) is 32.4 Å². The van der Waals surface area contributed by atoms with E-state index in [1.807, 2.05) is 44.8 Å². The number of aliphatic hydroxyl groups is 4. The second-order valence-corrected chi connectivity index (χ2v) is 24.6. The second kappa shape index (κ2) is 27.0. The van der Waals surface area contributed by atoms with E-state index in [1.165, 1.54) is 21.1 Å². The molecule has 0 radical (unpaired) electrons. The highest BCUT2D eigenvalue weighted by molar-refractivity contribution is 6.34. The fourth-order valence-electron chi connectivity index (χ4n) is 12.5. The summed E-state index contributed by atoms with van der Waals surface area (Å²) in [5, 5.41) is 55.1. The molecule has 0 bridgehead atoms. The third-order valence-corrected chi connectivity index (χ3v) is 17.7. The number of esters is 3. The van der Waals surface area contributed by atoms with Crippen LogP contribution in [0.15, 0.2) is 12.1 Å². The molecular formula is C57H94ClN5O16. The van der Waals surface area contributed by atoms with Crippen molar-refractivity contribution in [2.24, 2.45) is 23.7 Å². The number of aliphatic hydroxyl groups excluding tert-OH is 2. The predicted octanol–water partition coefficient (Wildman–Crippen LogP) is 4.15. The average molecular weight is 1140 g/mol. The zero-order valence-corrected chi connectivity index (χ0v) is 50.1. The maximum atomic E-state index is 14.6. The summed E-state index contributed by atoms with van der Waals surface area (Å²) in [5.74, 6) is -5.17. The van der Waals surface area contributed by atoms with Crippen molar-refractivity contribution in [1.82, 2.24) is 15.1 Å². The first kappa shape index (κ1) is 64.9. The maximum absolute atomic E-state index is 14.6. The lowest BCUT2D eigenvalue weighted by molar-refractivity contribution is -0.318. The summed E-state index contributed by atoms with van der Waals surface area (Å²) in [7, 11) is 8.36. The molecule has 0 spiro atoms. The average Bonchev–Trinajstić information content (AvgIpc) is 4.46. The van der Waals surface area contributed by atoms with Gasteiger partial charge < -0.3 is 83.7 Å². The minimum absolute atomic E-state index is 0.00739. The fraction of sp³-hybridized carbons (Fsp3) is 0.825. The number of carbonyl (C=O) groups is 4. The number of nitrogens with zero attached hydrogens (tertiary/aromatic N) is 3. The molecule has 1 saturated carbocycles. The molecule has 6 N–H and O–H groups in total. The Balaban J connectivity index is 1.16. The number of fused-ring (bicyclic) bond motifs is 1. The number of anilines is 2. The molecule has 4 aliphatic heterocycles. The van der Waals surface area contributed by atoms with Crippen molar-refractivity contribution in [3.8, 4) is 0 Å². The molecule has 3 saturated heterocycles. The normalized spacial score (nSPS) is 39.3. The Bertz CT molecular complexity index is 2240. The Kier molecular flexibility index (Phi) is 22.1. The quantitative estimate of drug-likeness (QED) is 0.0554. The number of nitrogens with one attached hydrogen (secondary N) is 2. The van der Waals surface area contributed by atoms with E-state index in [-0.39, 0.29) is 68.7 Å². The van der Waals surface area contributed by atoms with Crippen molar-refractivity contribution >= 4 is 46.7 Å². The summed E-state index contributed by atoms with van der Waals surface area (Å²) in [6.07, 6.45) is -7.17. The molecule has 4 fully saturated rings. The maximum Gasteiger partial charge on any atom is 0.318 e. The summed E-state index contributed by atoms with van der Waals surface area (Å²) >= 11 is 6.71. The highest BCUT2D eigenvalue weighted by Crippen LogP contribution is 2.44. The first-order valence-corrected chi connectivity index (χ1v) is 28.8. The lowest BCUT2D eigenvalue weighted by Gasteiger charge is -2.49. The van der Waals surface area contributed by atoms with E-state index in [1.54, 1.807) is 60.6 Å². The first-order chi connectivity index (χ1) is 37.0. The van der Waals surface area contributed by atoms with Gasteiger partial charge in [-0.05, 0) is 120 Å². The number of likely N-dealkylation sites (N-methyl/N-ethyl adjacent to an activating group) is 2. The largest absolute Gasteiger partial charge is 0.468 e. The van der Waals surface area contributed by atoms with Crippen LogP contribution in [-0.2, 0) is 52.3 Å². The van der Waals surface area contributed by atoms with Gasteiger partial charge in [0.2, 0.25) is 0 Å². The Morgan fingerprint density at radius 3 is 2.23 bits per heavy atom. The lowest BCUT2D eigenvalue weighted by Crippen LogP contribution is -2.61. The van der Waals surface area contributed by atoms with E-state index in [2.05, 4.69) is 15.5 Å². The number of Topliss-reactive ketones (excluding diaryl/α,β-unsaturated/α-hetero) is 1. The predicted molar refractivity (Wildman–Crippen MR) is 296 cm³/mol. The number of cyclic esters (lactones) is 1. The zero-order chi connectivity index (χ0) is 58.6.